The zero-order chi connectivity index (χ0) is 15.5. The van der Waals surface area contributed by atoms with Crippen molar-refractivity contribution in [3.8, 4) is 0 Å². The molecule has 3 aliphatic rings. The standard InChI is InChI=1S/C15H18N2O4/c1-8-13(20)17(10(3)19)15(14(21)16(8)9(2)18)7-11-4-5-12(15)6-11/h4-5,8,11-12H,6-7H2,1-3H3/t8-,11-,12+,15-/m0/s1. The molecule has 2 bridgehead atoms. The summed E-state index contributed by atoms with van der Waals surface area (Å²) in [6.45, 7) is 4.08. The average Bonchev–Trinajstić information content (AvgIpc) is 2.97. The minimum atomic E-state index is -1.19. The van der Waals surface area contributed by atoms with Crippen molar-refractivity contribution in [2.75, 3.05) is 0 Å². The lowest BCUT2D eigenvalue weighted by Crippen LogP contribution is -2.74. The average molecular weight is 290 g/mol. The fourth-order valence-corrected chi connectivity index (χ4v) is 4.16. The molecule has 2 fully saturated rings. The molecule has 1 spiro atoms. The Bertz CT molecular complexity index is 596. The minimum Gasteiger partial charge on any atom is -0.275 e. The van der Waals surface area contributed by atoms with Gasteiger partial charge in [0, 0.05) is 19.8 Å². The highest BCUT2D eigenvalue weighted by molar-refractivity contribution is 6.13. The molecule has 0 aromatic heterocycles. The van der Waals surface area contributed by atoms with Crippen LogP contribution in [0, 0.1) is 11.8 Å². The summed E-state index contributed by atoms with van der Waals surface area (Å²) >= 11 is 0. The van der Waals surface area contributed by atoms with E-state index in [0.717, 1.165) is 16.2 Å². The first-order valence-electron chi connectivity index (χ1n) is 7.18. The van der Waals surface area contributed by atoms with Gasteiger partial charge in [0.2, 0.25) is 11.8 Å². The van der Waals surface area contributed by atoms with Gasteiger partial charge in [-0.15, -0.1) is 0 Å². The molecule has 0 radical (unpaired) electrons. The van der Waals surface area contributed by atoms with Gasteiger partial charge < -0.3 is 0 Å². The summed E-state index contributed by atoms with van der Waals surface area (Å²) in [6, 6.07) is -0.923. The number of imide groups is 2. The maximum atomic E-state index is 13.0. The third-order valence-corrected chi connectivity index (χ3v) is 4.97. The Morgan fingerprint density at radius 1 is 1.19 bits per heavy atom. The van der Waals surface area contributed by atoms with E-state index in [-0.39, 0.29) is 11.8 Å². The van der Waals surface area contributed by atoms with Crippen LogP contribution in [0.15, 0.2) is 12.2 Å². The van der Waals surface area contributed by atoms with Crippen LogP contribution in [0.2, 0.25) is 0 Å². The Balaban J connectivity index is 2.16. The van der Waals surface area contributed by atoms with Crippen LogP contribution >= 0.6 is 0 Å². The highest BCUT2D eigenvalue weighted by atomic mass is 16.2. The summed E-state index contributed by atoms with van der Waals surface area (Å²) in [5, 5.41) is 0. The van der Waals surface area contributed by atoms with E-state index in [1.165, 1.54) is 20.8 Å². The van der Waals surface area contributed by atoms with Gasteiger partial charge in [0.15, 0.2) is 0 Å². The number of amides is 4. The Labute approximate surface area is 122 Å². The maximum absolute atomic E-state index is 13.0. The van der Waals surface area contributed by atoms with E-state index in [0.29, 0.717) is 6.42 Å². The van der Waals surface area contributed by atoms with Crippen molar-refractivity contribution in [3.63, 3.8) is 0 Å². The molecule has 6 nitrogen and oxygen atoms in total. The van der Waals surface area contributed by atoms with Crippen LogP contribution in [0.4, 0.5) is 0 Å². The van der Waals surface area contributed by atoms with Gasteiger partial charge >= 0.3 is 0 Å². The molecule has 4 amide bonds. The molecule has 21 heavy (non-hydrogen) atoms. The SMILES string of the molecule is CC(=O)N1C(=O)[C@@]2(C[C@H]3C=C[C@@H]2C3)N(C(C)=O)C(=O)[C@@H]1C. The zero-order valence-electron chi connectivity index (χ0n) is 12.3. The molecule has 1 saturated heterocycles. The van der Waals surface area contributed by atoms with E-state index in [2.05, 4.69) is 0 Å². The second-order valence-corrected chi connectivity index (χ2v) is 6.18. The number of hydrogen-bond acceptors (Lipinski definition) is 4. The van der Waals surface area contributed by atoms with Crippen LogP contribution in [-0.4, -0.2) is 45.0 Å². The van der Waals surface area contributed by atoms with E-state index in [9.17, 15) is 19.2 Å². The van der Waals surface area contributed by atoms with E-state index in [4.69, 9.17) is 0 Å². The van der Waals surface area contributed by atoms with Crippen LogP contribution < -0.4 is 0 Å². The second-order valence-electron chi connectivity index (χ2n) is 6.18. The molecule has 0 unspecified atom stereocenters. The Hall–Kier alpha value is -1.98. The van der Waals surface area contributed by atoms with Crippen molar-refractivity contribution in [3.05, 3.63) is 12.2 Å². The summed E-state index contributed by atoms with van der Waals surface area (Å²) in [4.78, 5) is 51.6. The number of hydrogen-bond donors (Lipinski definition) is 0. The van der Waals surface area contributed by atoms with Crippen LogP contribution in [-0.2, 0) is 19.2 Å². The molecule has 112 valence electrons. The van der Waals surface area contributed by atoms with Crippen LogP contribution in [0.3, 0.4) is 0 Å². The van der Waals surface area contributed by atoms with E-state index >= 15 is 0 Å². The molecule has 0 aromatic carbocycles. The molecular weight excluding hydrogens is 272 g/mol. The molecule has 1 aliphatic heterocycles. The normalized spacial score (nSPS) is 37.8. The topological polar surface area (TPSA) is 74.8 Å². The monoisotopic (exact) mass is 290 g/mol. The number of fused-ring (bicyclic) bond motifs is 3. The molecule has 0 N–H and O–H groups in total. The molecule has 6 heteroatoms. The third-order valence-electron chi connectivity index (χ3n) is 4.97. The quantitative estimate of drug-likeness (QED) is 0.608. The predicted molar refractivity (Wildman–Crippen MR) is 72.6 cm³/mol. The van der Waals surface area contributed by atoms with Crippen molar-refractivity contribution in [1.82, 2.24) is 9.80 Å². The second kappa shape index (κ2) is 4.26. The lowest BCUT2D eigenvalue weighted by Gasteiger charge is -2.50. The number of carbonyl (C=O) groups is 4. The van der Waals surface area contributed by atoms with E-state index < -0.39 is 35.2 Å². The Morgan fingerprint density at radius 3 is 2.29 bits per heavy atom. The minimum absolute atomic E-state index is 0.183. The molecule has 0 aromatic rings. The van der Waals surface area contributed by atoms with Gasteiger partial charge in [-0.25, -0.2) is 0 Å². The van der Waals surface area contributed by atoms with Gasteiger partial charge in [0.05, 0.1) is 0 Å². The molecule has 4 atom stereocenters. The van der Waals surface area contributed by atoms with Crippen molar-refractivity contribution < 1.29 is 19.2 Å². The maximum Gasteiger partial charge on any atom is 0.257 e. The van der Waals surface area contributed by atoms with E-state index in [1.54, 1.807) is 0 Å². The summed E-state index contributed by atoms with van der Waals surface area (Å²) in [7, 11) is 0. The van der Waals surface area contributed by atoms with Crippen LogP contribution in [0.25, 0.3) is 0 Å². The summed E-state index contributed by atoms with van der Waals surface area (Å²) in [5.74, 6) is -1.74. The first kappa shape index (κ1) is 14.0. The highest BCUT2D eigenvalue weighted by Gasteiger charge is 2.65. The van der Waals surface area contributed by atoms with Crippen molar-refractivity contribution in [2.24, 2.45) is 11.8 Å². The first-order chi connectivity index (χ1) is 9.80. The zero-order valence-corrected chi connectivity index (χ0v) is 12.3. The van der Waals surface area contributed by atoms with Crippen molar-refractivity contribution in [1.29, 1.82) is 0 Å². The summed E-state index contributed by atoms with van der Waals surface area (Å²) in [6.07, 6.45) is 5.11. The molecule has 3 rings (SSSR count). The van der Waals surface area contributed by atoms with Gasteiger partial charge in [0.1, 0.15) is 11.6 Å². The van der Waals surface area contributed by atoms with E-state index in [1.807, 2.05) is 12.2 Å². The lowest BCUT2D eigenvalue weighted by molar-refractivity contribution is -0.180. The van der Waals surface area contributed by atoms with Gasteiger partial charge in [-0.05, 0) is 25.7 Å². The van der Waals surface area contributed by atoms with Gasteiger partial charge in [0.25, 0.3) is 11.8 Å². The van der Waals surface area contributed by atoms with Crippen LogP contribution in [0.1, 0.15) is 33.6 Å². The van der Waals surface area contributed by atoms with Gasteiger partial charge in [-0.3, -0.25) is 29.0 Å². The number of nitrogens with zero attached hydrogens (tertiary/aromatic N) is 2. The largest absolute Gasteiger partial charge is 0.275 e. The van der Waals surface area contributed by atoms with Crippen LogP contribution in [0.5, 0.6) is 0 Å². The Kier molecular flexibility index (Phi) is 2.83. The Morgan fingerprint density at radius 2 is 1.86 bits per heavy atom. The molecule has 1 saturated carbocycles. The fourth-order valence-electron chi connectivity index (χ4n) is 4.16. The molecular formula is C15H18N2O4. The highest BCUT2D eigenvalue weighted by Crippen LogP contribution is 2.52. The summed E-state index contributed by atoms with van der Waals surface area (Å²) in [5.41, 5.74) is -1.19. The number of allylic oxidation sites excluding steroid dienone is 1. The summed E-state index contributed by atoms with van der Waals surface area (Å²) < 4.78 is 0. The third kappa shape index (κ3) is 1.58. The van der Waals surface area contributed by atoms with Gasteiger partial charge in [-0.2, -0.15) is 0 Å². The first-order valence-corrected chi connectivity index (χ1v) is 7.18. The number of rotatable bonds is 0. The molecule has 1 heterocycles. The fraction of sp³-hybridized carbons (Fsp3) is 0.600. The number of carbonyl (C=O) groups excluding carboxylic acids is 4. The smallest absolute Gasteiger partial charge is 0.257 e. The van der Waals surface area contributed by atoms with Crippen molar-refractivity contribution >= 4 is 23.6 Å². The molecule has 2 aliphatic carbocycles. The predicted octanol–water partition coefficient (Wildman–Crippen LogP) is 0.473. The lowest BCUT2D eigenvalue weighted by atomic mass is 9.78. The van der Waals surface area contributed by atoms with Gasteiger partial charge in [-0.1, -0.05) is 12.2 Å². The van der Waals surface area contributed by atoms with Crippen molar-refractivity contribution in [2.45, 2.75) is 45.2 Å². The number of piperazine rings is 1.